The zero-order valence-electron chi connectivity index (χ0n) is 9.81. The van der Waals surface area contributed by atoms with E-state index in [-0.39, 0.29) is 0 Å². The van der Waals surface area contributed by atoms with Crippen molar-refractivity contribution in [2.24, 2.45) is 0 Å². The fourth-order valence-electron chi connectivity index (χ4n) is 2.51. The number of benzene rings is 1. The molecule has 0 saturated heterocycles. The maximum atomic E-state index is 10.1. The number of fused-ring (bicyclic) bond motifs is 1. The second kappa shape index (κ2) is 4.92. The largest absolute Gasteiger partial charge is 0.506 e. The molecule has 0 spiro atoms. The highest BCUT2D eigenvalue weighted by Gasteiger charge is 2.22. The van der Waals surface area contributed by atoms with Crippen LogP contribution in [0, 0.1) is 3.57 Å². The van der Waals surface area contributed by atoms with Crippen molar-refractivity contribution in [2.75, 3.05) is 7.05 Å². The highest BCUT2D eigenvalue weighted by atomic mass is 127. The first kappa shape index (κ1) is 12.2. The Labute approximate surface area is 111 Å². The predicted octanol–water partition coefficient (Wildman–Crippen LogP) is 3.16. The summed E-state index contributed by atoms with van der Waals surface area (Å²) in [5.74, 6) is 1.11. The van der Waals surface area contributed by atoms with E-state index in [4.69, 9.17) is 0 Å². The Morgan fingerprint density at radius 3 is 3.00 bits per heavy atom. The first-order valence-electron chi connectivity index (χ1n) is 5.82. The Morgan fingerprint density at radius 1 is 1.56 bits per heavy atom. The van der Waals surface area contributed by atoms with Crippen molar-refractivity contribution in [3.8, 4) is 5.75 Å². The molecule has 0 fully saturated rings. The molecule has 0 aromatic heterocycles. The normalized spacial score (nSPS) is 19.6. The predicted molar refractivity (Wildman–Crippen MR) is 74.9 cm³/mol. The van der Waals surface area contributed by atoms with Crippen LogP contribution in [0.3, 0.4) is 0 Å². The van der Waals surface area contributed by atoms with Crippen molar-refractivity contribution in [3.63, 3.8) is 0 Å². The van der Waals surface area contributed by atoms with E-state index in [1.165, 1.54) is 24.0 Å². The van der Waals surface area contributed by atoms with Gasteiger partial charge in [0.2, 0.25) is 0 Å². The van der Waals surface area contributed by atoms with Crippen LogP contribution in [0.15, 0.2) is 6.07 Å². The molecular formula is C13H18INO. The lowest BCUT2D eigenvalue weighted by Crippen LogP contribution is -2.12. The van der Waals surface area contributed by atoms with Gasteiger partial charge in [-0.3, -0.25) is 0 Å². The van der Waals surface area contributed by atoms with E-state index in [1.807, 2.05) is 7.05 Å². The molecule has 1 aliphatic carbocycles. The zero-order chi connectivity index (χ0) is 11.7. The Balaban J connectivity index is 2.53. The van der Waals surface area contributed by atoms with Crippen molar-refractivity contribution in [3.05, 3.63) is 26.3 Å². The molecule has 1 aliphatic rings. The summed E-state index contributed by atoms with van der Waals surface area (Å²) in [6.07, 6.45) is 3.63. The number of nitrogens with one attached hydrogen (secondary N) is 1. The van der Waals surface area contributed by atoms with Gasteiger partial charge in [0.1, 0.15) is 5.75 Å². The van der Waals surface area contributed by atoms with E-state index in [9.17, 15) is 5.11 Å². The van der Waals surface area contributed by atoms with Gasteiger partial charge in [-0.05, 0) is 65.9 Å². The lowest BCUT2D eigenvalue weighted by molar-refractivity contribution is 0.458. The molecule has 1 atom stereocenters. The van der Waals surface area contributed by atoms with Crippen LogP contribution in [0.25, 0.3) is 0 Å². The smallest absolute Gasteiger partial charge is 0.133 e. The summed E-state index contributed by atoms with van der Waals surface area (Å²) in [5.41, 5.74) is 3.84. The molecule has 2 nitrogen and oxygen atoms in total. The van der Waals surface area contributed by atoms with Gasteiger partial charge in [0.15, 0.2) is 0 Å². The third kappa shape index (κ3) is 2.07. The fourth-order valence-corrected chi connectivity index (χ4v) is 3.44. The van der Waals surface area contributed by atoms with E-state index < -0.39 is 0 Å². The number of hydrogen-bond donors (Lipinski definition) is 2. The number of phenolic OH excluding ortho intramolecular Hbond substituents is 1. The van der Waals surface area contributed by atoms with Crippen LogP contribution in [0.1, 0.15) is 42.4 Å². The number of phenols is 1. The van der Waals surface area contributed by atoms with Crippen LogP contribution in [0.2, 0.25) is 0 Å². The molecule has 0 bridgehead atoms. The molecule has 0 radical (unpaired) electrons. The van der Waals surface area contributed by atoms with Crippen molar-refractivity contribution >= 4 is 22.6 Å². The van der Waals surface area contributed by atoms with Crippen LogP contribution in [0.4, 0.5) is 0 Å². The van der Waals surface area contributed by atoms with Gasteiger partial charge in [-0.15, -0.1) is 0 Å². The summed E-state index contributed by atoms with van der Waals surface area (Å²) in [7, 11) is 1.91. The molecule has 1 aromatic carbocycles. The van der Waals surface area contributed by atoms with Gasteiger partial charge in [0.25, 0.3) is 0 Å². The molecule has 0 saturated carbocycles. The molecule has 3 heteroatoms. The monoisotopic (exact) mass is 331 g/mol. The van der Waals surface area contributed by atoms with E-state index in [0.717, 1.165) is 22.1 Å². The molecule has 1 unspecified atom stereocenters. The highest BCUT2D eigenvalue weighted by Crippen LogP contribution is 2.39. The third-order valence-corrected chi connectivity index (χ3v) is 4.58. The lowest BCUT2D eigenvalue weighted by Gasteiger charge is -2.25. The van der Waals surface area contributed by atoms with Gasteiger partial charge in [-0.2, -0.15) is 0 Å². The fraction of sp³-hybridized carbons (Fsp3) is 0.538. The molecular weight excluding hydrogens is 313 g/mol. The van der Waals surface area contributed by atoms with Crippen LogP contribution in [0.5, 0.6) is 5.75 Å². The Bertz CT molecular complexity index is 403. The van der Waals surface area contributed by atoms with Gasteiger partial charge >= 0.3 is 0 Å². The summed E-state index contributed by atoms with van der Waals surface area (Å²) in [6.45, 7) is 3.02. The van der Waals surface area contributed by atoms with Crippen molar-refractivity contribution < 1.29 is 5.11 Å². The van der Waals surface area contributed by atoms with E-state index >= 15 is 0 Å². The van der Waals surface area contributed by atoms with Crippen LogP contribution >= 0.6 is 22.6 Å². The van der Waals surface area contributed by atoms with Gasteiger partial charge in [-0.25, -0.2) is 0 Å². The summed E-state index contributed by atoms with van der Waals surface area (Å²) in [4.78, 5) is 0. The summed E-state index contributed by atoms with van der Waals surface area (Å²) in [6, 6.07) is 2.19. The first-order chi connectivity index (χ1) is 7.65. The topological polar surface area (TPSA) is 32.3 Å². The molecule has 88 valence electrons. The molecule has 1 aromatic rings. The highest BCUT2D eigenvalue weighted by molar-refractivity contribution is 14.1. The SMILES string of the molecule is CNCc1cc2c(c(I)c1O)CCCC2C. The van der Waals surface area contributed by atoms with Crippen LogP contribution < -0.4 is 5.32 Å². The minimum absolute atomic E-state index is 0.475. The van der Waals surface area contributed by atoms with Gasteiger partial charge in [0.05, 0.1) is 3.57 Å². The number of hydrogen-bond acceptors (Lipinski definition) is 2. The minimum Gasteiger partial charge on any atom is -0.506 e. The Kier molecular flexibility index (Phi) is 3.74. The van der Waals surface area contributed by atoms with E-state index in [0.29, 0.717) is 11.7 Å². The van der Waals surface area contributed by atoms with Crippen LogP contribution in [-0.4, -0.2) is 12.2 Å². The van der Waals surface area contributed by atoms with E-state index in [1.54, 1.807) is 0 Å². The van der Waals surface area contributed by atoms with Gasteiger partial charge in [-0.1, -0.05) is 13.0 Å². The van der Waals surface area contributed by atoms with Crippen molar-refractivity contribution in [1.82, 2.24) is 5.32 Å². The van der Waals surface area contributed by atoms with Gasteiger partial charge < -0.3 is 10.4 Å². The Morgan fingerprint density at radius 2 is 2.31 bits per heavy atom. The summed E-state index contributed by atoms with van der Waals surface area (Å²) < 4.78 is 1.06. The molecule has 0 aliphatic heterocycles. The van der Waals surface area contributed by atoms with Crippen molar-refractivity contribution in [1.29, 1.82) is 0 Å². The second-order valence-electron chi connectivity index (χ2n) is 4.59. The second-order valence-corrected chi connectivity index (χ2v) is 5.67. The first-order valence-corrected chi connectivity index (χ1v) is 6.90. The number of aromatic hydroxyl groups is 1. The molecule has 0 amide bonds. The number of halogens is 1. The molecule has 2 rings (SSSR count). The van der Waals surface area contributed by atoms with Gasteiger partial charge in [0, 0.05) is 12.1 Å². The standard InChI is InChI=1S/C13H18INO/c1-8-4-3-5-10-11(8)6-9(7-15-2)13(16)12(10)14/h6,8,15-16H,3-5,7H2,1-2H3. The van der Waals surface area contributed by atoms with E-state index in [2.05, 4.69) is 40.9 Å². The Hall–Kier alpha value is -0.290. The average molecular weight is 331 g/mol. The lowest BCUT2D eigenvalue weighted by atomic mass is 9.83. The summed E-state index contributed by atoms with van der Waals surface area (Å²) in [5, 5.41) is 13.2. The zero-order valence-corrected chi connectivity index (χ0v) is 12.0. The maximum Gasteiger partial charge on any atom is 0.133 e. The quantitative estimate of drug-likeness (QED) is 0.816. The molecule has 2 N–H and O–H groups in total. The molecule has 16 heavy (non-hydrogen) atoms. The molecule has 0 heterocycles. The average Bonchev–Trinajstić information content (AvgIpc) is 2.27. The number of rotatable bonds is 2. The third-order valence-electron chi connectivity index (χ3n) is 3.42. The minimum atomic E-state index is 0.475. The van der Waals surface area contributed by atoms with Crippen LogP contribution in [-0.2, 0) is 13.0 Å². The van der Waals surface area contributed by atoms with Crippen molar-refractivity contribution in [2.45, 2.75) is 38.6 Å². The maximum absolute atomic E-state index is 10.1. The summed E-state index contributed by atoms with van der Waals surface area (Å²) >= 11 is 2.29.